The van der Waals surface area contributed by atoms with Crippen molar-refractivity contribution in [2.45, 2.75) is 37.6 Å². The molecule has 5 nitrogen and oxygen atoms in total. The summed E-state index contributed by atoms with van der Waals surface area (Å²) in [7, 11) is 2.08. The molecule has 0 unspecified atom stereocenters. The van der Waals surface area contributed by atoms with E-state index in [1.807, 2.05) is 29.2 Å². The number of anilines is 1. The molecule has 2 aliphatic rings. The Balaban J connectivity index is 1.41. The van der Waals surface area contributed by atoms with Crippen LogP contribution in [0.25, 0.3) is 0 Å². The Morgan fingerprint density at radius 3 is 2.56 bits per heavy atom. The minimum atomic E-state index is 0.200. The van der Waals surface area contributed by atoms with Crippen LogP contribution in [0.15, 0.2) is 42.9 Å². The number of hydrogen-bond donors (Lipinski definition) is 0. The SMILES string of the molecule is CN(c1ccncn1)C1CCN(C(=O)c2ccccc2C2CC2)CC1. The lowest BCUT2D eigenvalue weighted by atomic mass is 9.99. The number of aromatic nitrogens is 2. The van der Waals surface area contributed by atoms with Gasteiger partial charge >= 0.3 is 0 Å². The van der Waals surface area contributed by atoms with Crippen LogP contribution in [0.5, 0.6) is 0 Å². The van der Waals surface area contributed by atoms with E-state index < -0.39 is 0 Å². The van der Waals surface area contributed by atoms with Gasteiger partial charge in [-0.3, -0.25) is 4.79 Å². The molecule has 2 heterocycles. The van der Waals surface area contributed by atoms with Gasteiger partial charge < -0.3 is 9.80 Å². The number of piperidine rings is 1. The summed E-state index contributed by atoms with van der Waals surface area (Å²) in [5, 5.41) is 0. The third-order valence-electron chi connectivity index (χ3n) is 5.44. The molecule has 1 aliphatic carbocycles. The number of amides is 1. The fourth-order valence-electron chi connectivity index (χ4n) is 3.75. The van der Waals surface area contributed by atoms with Crippen LogP contribution in [0.3, 0.4) is 0 Å². The Labute approximate surface area is 148 Å². The molecular weight excluding hydrogens is 312 g/mol. The van der Waals surface area contributed by atoms with Gasteiger partial charge in [0.15, 0.2) is 0 Å². The van der Waals surface area contributed by atoms with Crippen LogP contribution < -0.4 is 4.90 Å². The zero-order chi connectivity index (χ0) is 17.2. The Morgan fingerprint density at radius 2 is 1.88 bits per heavy atom. The number of nitrogens with zero attached hydrogens (tertiary/aromatic N) is 4. The molecule has 4 rings (SSSR count). The standard InChI is InChI=1S/C20H24N4O/c1-23(19-8-11-21-14-22-19)16-9-12-24(13-10-16)20(25)18-5-3-2-4-17(18)15-6-7-15/h2-5,8,11,14-16H,6-7,9-10,12-13H2,1H3. The quantitative estimate of drug-likeness (QED) is 0.861. The maximum Gasteiger partial charge on any atom is 0.254 e. The molecule has 1 amide bonds. The maximum atomic E-state index is 13.0. The van der Waals surface area contributed by atoms with Crippen LogP contribution in [0.4, 0.5) is 5.82 Å². The van der Waals surface area contributed by atoms with E-state index in [1.54, 1.807) is 12.5 Å². The molecule has 1 saturated carbocycles. The topological polar surface area (TPSA) is 49.3 Å². The molecule has 5 heteroatoms. The fourth-order valence-corrected chi connectivity index (χ4v) is 3.75. The second-order valence-corrected chi connectivity index (χ2v) is 7.06. The molecule has 0 N–H and O–H groups in total. The van der Waals surface area contributed by atoms with Crippen molar-refractivity contribution < 1.29 is 4.79 Å². The average Bonchev–Trinajstić information content (AvgIpc) is 3.53. The molecule has 1 aliphatic heterocycles. The lowest BCUT2D eigenvalue weighted by molar-refractivity contribution is 0.0712. The summed E-state index contributed by atoms with van der Waals surface area (Å²) in [4.78, 5) is 25.5. The van der Waals surface area contributed by atoms with E-state index in [1.165, 1.54) is 18.4 Å². The molecule has 0 spiro atoms. The van der Waals surface area contributed by atoms with Crippen molar-refractivity contribution in [1.82, 2.24) is 14.9 Å². The van der Waals surface area contributed by atoms with Gasteiger partial charge in [0, 0.05) is 37.9 Å². The second-order valence-electron chi connectivity index (χ2n) is 7.06. The molecule has 0 bridgehead atoms. The van der Waals surface area contributed by atoms with Gasteiger partial charge in [-0.25, -0.2) is 9.97 Å². The highest BCUT2D eigenvalue weighted by Gasteiger charge is 2.31. The summed E-state index contributed by atoms with van der Waals surface area (Å²) < 4.78 is 0. The van der Waals surface area contributed by atoms with Crippen molar-refractivity contribution in [1.29, 1.82) is 0 Å². The summed E-state index contributed by atoms with van der Waals surface area (Å²) in [5.41, 5.74) is 2.15. The fraction of sp³-hybridized carbons (Fsp3) is 0.450. The number of carbonyl (C=O) groups excluding carboxylic acids is 1. The minimum Gasteiger partial charge on any atom is -0.356 e. The van der Waals surface area contributed by atoms with E-state index in [0.717, 1.165) is 37.3 Å². The van der Waals surface area contributed by atoms with Crippen molar-refractivity contribution in [3.05, 3.63) is 54.0 Å². The van der Waals surface area contributed by atoms with Gasteiger partial charge in [0.05, 0.1) is 0 Å². The average molecular weight is 336 g/mol. The first-order chi connectivity index (χ1) is 12.2. The first kappa shape index (κ1) is 16.1. The van der Waals surface area contributed by atoms with Crippen LogP contribution in [0, 0.1) is 0 Å². The van der Waals surface area contributed by atoms with Gasteiger partial charge in [0.1, 0.15) is 12.1 Å². The highest BCUT2D eigenvalue weighted by Crippen LogP contribution is 2.41. The molecule has 2 aromatic rings. The highest BCUT2D eigenvalue weighted by molar-refractivity contribution is 5.96. The molecule has 2 fully saturated rings. The summed E-state index contributed by atoms with van der Waals surface area (Å²) in [6.45, 7) is 1.61. The van der Waals surface area contributed by atoms with Crippen LogP contribution in [-0.2, 0) is 0 Å². The van der Waals surface area contributed by atoms with Gasteiger partial charge in [-0.05, 0) is 49.3 Å². The van der Waals surface area contributed by atoms with Gasteiger partial charge in [-0.1, -0.05) is 18.2 Å². The van der Waals surface area contributed by atoms with Gasteiger partial charge in [0.2, 0.25) is 0 Å². The third-order valence-corrected chi connectivity index (χ3v) is 5.44. The van der Waals surface area contributed by atoms with E-state index in [0.29, 0.717) is 12.0 Å². The van der Waals surface area contributed by atoms with Gasteiger partial charge in [-0.2, -0.15) is 0 Å². The van der Waals surface area contributed by atoms with Gasteiger partial charge in [0.25, 0.3) is 5.91 Å². The van der Waals surface area contributed by atoms with E-state index >= 15 is 0 Å². The van der Waals surface area contributed by atoms with Crippen molar-refractivity contribution in [3.63, 3.8) is 0 Å². The summed E-state index contributed by atoms with van der Waals surface area (Å²) in [6, 6.07) is 10.5. The van der Waals surface area contributed by atoms with Crippen LogP contribution in [-0.4, -0.2) is 47.0 Å². The zero-order valence-electron chi connectivity index (χ0n) is 14.6. The number of hydrogen-bond acceptors (Lipinski definition) is 4. The van der Waals surface area contributed by atoms with E-state index in [2.05, 4.69) is 28.0 Å². The molecule has 25 heavy (non-hydrogen) atoms. The largest absolute Gasteiger partial charge is 0.356 e. The number of likely N-dealkylation sites (tertiary alicyclic amines) is 1. The third kappa shape index (κ3) is 3.36. The number of benzene rings is 1. The molecule has 1 aromatic heterocycles. The normalized spacial score (nSPS) is 18.2. The molecule has 0 radical (unpaired) electrons. The smallest absolute Gasteiger partial charge is 0.254 e. The molecule has 0 atom stereocenters. The lowest BCUT2D eigenvalue weighted by Gasteiger charge is -2.37. The maximum absolute atomic E-state index is 13.0. The van der Waals surface area contributed by atoms with Crippen molar-refractivity contribution in [2.24, 2.45) is 0 Å². The van der Waals surface area contributed by atoms with E-state index in [-0.39, 0.29) is 5.91 Å². The predicted molar refractivity (Wildman–Crippen MR) is 97.8 cm³/mol. The van der Waals surface area contributed by atoms with Gasteiger partial charge in [-0.15, -0.1) is 0 Å². The Morgan fingerprint density at radius 1 is 1.12 bits per heavy atom. The van der Waals surface area contributed by atoms with E-state index in [9.17, 15) is 4.79 Å². The number of rotatable bonds is 4. The predicted octanol–water partition coefficient (Wildman–Crippen LogP) is 3.10. The Hall–Kier alpha value is -2.43. The van der Waals surface area contributed by atoms with E-state index in [4.69, 9.17) is 0 Å². The lowest BCUT2D eigenvalue weighted by Crippen LogP contribution is -2.46. The summed E-state index contributed by atoms with van der Waals surface area (Å²) in [5.74, 6) is 1.74. The summed E-state index contributed by atoms with van der Waals surface area (Å²) >= 11 is 0. The first-order valence-corrected chi connectivity index (χ1v) is 9.11. The number of carbonyl (C=O) groups is 1. The van der Waals surface area contributed by atoms with Crippen LogP contribution in [0.1, 0.15) is 47.5 Å². The minimum absolute atomic E-state index is 0.200. The Kier molecular flexibility index (Phi) is 4.38. The van der Waals surface area contributed by atoms with Crippen molar-refractivity contribution in [2.75, 3.05) is 25.0 Å². The highest BCUT2D eigenvalue weighted by atomic mass is 16.2. The molecular formula is C20H24N4O. The molecule has 130 valence electrons. The molecule has 1 saturated heterocycles. The first-order valence-electron chi connectivity index (χ1n) is 9.11. The van der Waals surface area contributed by atoms with Crippen molar-refractivity contribution in [3.8, 4) is 0 Å². The van der Waals surface area contributed by atoms with Crippen molar-refractivity contribution >= 4 is 11.7 Å². The molecule has 1 aromatic carbocycles. The summed E-state index contributed by atoms with van der Waals surface area (Å²) in [6.07, 6.45) is 7.73. The Bertz CT molecular complexity index is 736. The monoisotopic (exact) mass is 336 g/mol. The van der Waals surface area contributed by atoms with Crippen LogP contribution >= 0.6 is 0 Å². The zero-order valence-corrected chi connectivity index (χ0v) is 14.6. The second kappa shape index (κ2) is 6.82. The van der Waals surface area contributed by atoms with Crippen LogP contribution in [0.2, 0.25) is 0 Å².